The Morgan fingerprint density at radius 1 is 0.921 bits per heavy atom. The van der Waals surface area contributed by atoms with Crippen molar-refractivity contribution in [1.29, 1.82) is 0 Å². The third-order valence-electron chi connectivity index (χ3n) is 7.39. The summed E-state index contributed by atoms with van der Waals surface area (Å²) in [5.41, 5.74) is 1.04. The van der Waals surface area contributed by atoms with Gasteiger partial charge in [0.2, 0.25) is 21.8 Å². The molecule has 0 aliphatic heterocycles. The lowest BCUT2D eigenvalue weighted by Crippen LogP contribution is -2.53. The molecule has 0 spiro atoms. The minimum atomic E-state index is -3.91. The number of rotatable bonds is 10. The highest BCUT2D eigenvalue weighted by Gasteiger charge is 2.31. The van der Waals surface area contributed by atoms with Crippen LogP contribution in [0.15, 0.2) is 77.7 Å². The first-order chi connectivity index (χ1) is 18.3. The van der Waals surface area contributed by atoms with E-state index in [1.807, 2.05) is 54.6 Å². The molecule has 1 fully saturated rings. The molecule has 8 heteroatoms. The average molecular weight is 536 g/mol. The number of carbonyl (C=O) groups excluding carboxylic acids is 2. The summed E-state index contributed by atoms with van der Waals surface area (Å²) < 4.78 is 27.8. The van der Waals surface area contributed by atoms with Crippen molar-refractivity contribution in [2.24, 2.45) is 0 Å². The normalized spacial score (nSPS) is 15.3. The smallest absolute Gasteiger partial charge is 0.243 e. The maximum atomic E-state index is 13.5. The van der Waals surface area contributed by atoms with Crippen molar-refractivity contribution in [3.63, 3.8) is 0 Å². The van der Waals surface area contributed by atoms with Gasteiger partial charge in [-0.3, -0.25) is 9.59 Å². The number of hydrogen-bond donors (Lipinski definition) is 1. The van der Waals surface area contributed by atoms with Crippen LogP contribution >= 0.6 is 0 Å². The summed E-state index contributed by atoms with van der Waals surface area (Å²) in [5.74, 6) is -0.600. The zero-order chi connectivity index (χ0) is 27.1. The standard InChI is InChI=1S/C30H37N3O4S/c1-23(30(35)31-27-15-7-4-8-16-27)33(20-19-24-11-5-3-6-12-24)29(34)22-32(2)38(36,37)28-18-17-25-13-9-10-14-26(25)21-28/h3,5-6,9-14,17-18,21,23,27H,4,7-8,15-16,19-20,22H2,1-2H3,(H,31,35)/t23-/m0/s1. The number of carbonyl (C=O) groups is 2. The Labute approximate surface area is 225 Å². The van der Waals surface area contributed by atoms with E-state index in [0.29, 0.717) is 13.0 Å². The Morgan fingerprint density at radius 3 is 2.29 bits per heavy atom. The quantitative estimate of drug-likeness (QED) is 0.418. The molecule has 3 aromatic carbocycles. The molecule has 0 heterocycles. The van der Waals surface area contributed by atoms with Gasteiger partial charge in [0.05, 0.1) is 11.4 Å². The van der Waals surface area contributed by atoms with Gasteiger partial charge in [0, 0.05) is 19.6 Å². The summed E-state index contributed by atoms with van der Waals surface area (Å²) in [6, 6.07) is 21.7. The van der Waals surface area contributed by atoms with Gasteiger partial charge in [0.1, 0.15) is 6.04 Å². The number of hydrogen-bond acceptors (Lipinski definition) is 4. The van der Waals surface area contributed by atoms with Crippen molar-refractivity contribution in [2.75, 3.05) is 20.1 Å². The molecule has 202 valence electrons. The monoisotopic (exact) mass is 535 g/mol. The van der Waals surface area contributed by atoms with Crippen LogP contribution in [0.5, 0.6) is 0 Å². The van der Waals surface area contributed by atoms with E-state index in [4.69, 9.17) is 0 Å². The molecule has 0 saturated heterocycles. The average Bonchev–Trinajstić information content (AvgIpc) is 2.93. The van der Waals surface area contributed by atoms with Crippen LogP contribution < -0.4 is 5.32 Å². The second-order valence-corrected chi connectivity index (χ2v) is 12.2. The first-order valence-corrected chi connectivity index (χ1v) is 14.8. The second kappa shape index (κ2) is 12.5. The Kier molecular flexibility index (Phi) is 9.17. The van der Waals surface area contributed by atoms with Gasteiger partial charge in [-0.2, -0.15) is 4.31 Å². The summed E-state index contributed by atoms with van der Waals surface area (Å²) in [6.45, 7) is 1.68. The molecule has 1 aliphatic carbocycles. The Balaban J connectivity index is 1.50. The first-order valence-electron chi connectivity index (χ1n) is 13.3. The molecule has 0 bridgehead atoms. The van der Waals surface area contributed by atoms with Gasteiger partial charge in [-0.15, -0.1) is 0 Å². The molecule has 4 rings (SSSR count). The summed E-state index contributed by atoms with van der Waals surface area (Å²) in [7, 11) is -2.50. The van der Waals surface area contributed by atoms with Crippen molar-refractivity contribution >= 4 is 32.6 Å². The van der Waals surface area contributed by atoms with Gasteiger partial charge in [0.25, 0.3) is 0 Å². The number of nitrogens with one attached hydrogen (secondary N) is 1. The topological polar surface area (TPSA) is 86.8 Å². The van der Waals surface area contributed by atoms with Gasteiger partial charge < -0.3 is 10.2 Å². The third kappa shape index (κ3) is 6.79. The van der Waals surface area contributed by atoms with Crippen LogP contribution in [0, 0.1) is 0 Å². The highest BCUT2D eigenvalue weighted by Crippen LogP contribution is 2.22. The zero-order valence-electron chi connectivity index (χ0n) is 22.2. The SMILES string of the molecule is C[C@@H](C(=O)NC1CCCCC1)N(CCc1ccccc1)C(=O)CN(C)S(=O)(=O)c1ccc2ccccc2c1. The maximum absolute atomic E-state index is 13.5. The molecule has 3 aromatic rings. The summed E-state index contributed by atoms with van der Waals surface area (Å²) in [4.78, 5) is 28.3. The van der Waals surface area contributed by atoms with Gasteiger partial charge in [-0.1, -0.05) is 79.9 Å². The Bertz CT molecular complexity index is 1350. The molecule has 1 atom stereocenters. The summed E-state index contributed by atoms with van der Waals surface area (Å²) in [5, 5.41) is 4.86. The molecule has 0 unspecified atom stereocenters. The van der Waals surface area contributed by atoms with Crippen LogP contribution in [0.2, 0.25) is 0 Å². The molecule has 1 N–H and O–H groups in total. The highest BCUT2D eigenvalue weighted by atomic mass is 32.2. The Hall–Kier alpha value is -3.23. The number of fused-ring (bicyclic) bond motifs is 1. The molecule has 1 saturated carbocycles. The first kappa shape index (κ1) is 27.8. The molecule has 38 heavy (non-hydrogen) atoms. The third-order valence-corrected chi connectivity index (χ3v) is 9.19. The van der Waals surface area contributed by atoms with Crippen LogP contribution in [0.4, 0.5) is 0 Å². The predicted octanol–water partition coefficient (Wildman–Crippen LogP) is 4.37. The van der Waals surface area contributed by atoms with Crippen LogP contribution in [-0.4, -0.2) is 61.7 Å². The van der Waals surface area contributed by atoms with Gasteiger partial charge in [0.15, 0.2) is 0 Å². The predicted molar refractivity (Wildman–Crippen MR) is 150 cm³/mol. The van der Waals surface area contributed by atoms with Crippen molar-refractivity contribution in [3.8, 4) is 0 Å². The van der Waals surface area contributed by atoms with Crippen molar-refractivity contribution in [3.05, 3.63) is 78.4 Å². The van der Waals surface area contributed by atoms with E-state index >= 15 is 0 Å². The Morgan fingerprint density at radius 2 is 1.58 bits per heavy atom. The van der Waals surface area contributed by atoms with Crippen molar-refractivity contribution in [1.82, 2.24) is 14.5 Å². The molecular formula is C30H37N3O4S. The largest absolute Gasteiger partial charge is 0.352 e. The number of amides is 2. The molecule has 0 aromatic heterocycles. The number of benzene rings is 3. The van der Waals surface area contributed by atoms with Crippen molar-refractivity contribution < 1.29 is 18.0 Å². The lowest BCUT2D eigenvalue weighted by Gasteiger charge is -2.32. The molecular weight excluding hydrogens is 498 g/mol. The van der Waals surface area contributed by atoms with Gasteiger partial charge >= 0.3 is 0 Å². The lowest BCUT2D eigenvalue weighted by molar-refractivity contribution is -0.140. The van der Waals surface area contributed by atoms with E-state index in [2.05, 4.69) is 5.32 Å². The number of nitrogens with zero attached hydrogens (tertiary/aromatic N) is 2. The summed E-state index contributed by atoms with van der Waals surface area (Å²) in [6.07, 6.45) is 5.82. The highest BCUT2D eigenvalue weighted by molar-refractivity contribution is 7.89. The van der Waals surface area contributed by atoms with Crippen LogP contribution in [-0.2, 0) is 26.0 Å². The number of likely N-dealkylation sites (N-methyl/N-ethyl adjacent to an activating group) is 1. The van der Waals surface area contributed by atoms with E-state index in [0.717, 1.165) is 46.3 Å². The fourth-order valence-electron chi connectivity index (χ4n) is 5.01. The fraction of sp³-hybridized carbons (Fsp3) is 0.400. The van der Waals surface area contributed by atoms with Crippen LogP contribution in [0.25, 0.3) is 10.8 Å². The van der Waals surface area contributed by atoms with Crippen molar-refractivity contribution in [2.45, 2.75) is 62.4 Å². The molecule has 0 radical (unpaired) electrons. The molecule has 7 nitrogen and oxygen atoms in total. The van der Waals surface area contributed by atoms with E-state index < -0.39 is 22.0 Å². The van der Waals surface area contributed by atoms with Crippen LogP contribution in [0.3, 0.4) is 0 Å². The minimum Gasteiger partial charge on any atom is -0.352 e. The van der Waals surface area contributed by atoms with E-state index in [-0.39, 0.29) is 23.4 Å². The van der Waals surface area contributed by atoms with E-state index in [9.17, 15) is 18.0 Å². The van der Waals surface area contributed by atoms with Gasteiger partial charge in [-0.25, -0.2) is 8.42 Å². The van der Waals surface area contributed by atoms with E-state index in [1.165, 1.54) is 18.4 Å². The maximum Gasteiger partial charge on any atom is 0.243 e. The zero-order valence-corrected chi connectivity index (χ0v) is 23.0. The van der Waals surface area contributed by atoms with E-state index in [1.54, 1.807) is 25.1 Å². The molecule has 1 aliphatic rings. The lowest BCUT2D eigenvalue weighted by atomic mass is 9.95. The number of sulfonamides is 1. The van der Waals surface area contributed by atoms with Crippen LogP contribution in [0.1, 0.15) is 44.6 Å². The minimum absolute atomic E-state index is 0.126. The fourth-order valence-corrected chi connectivity index (χ4v) is 6.17. The molecule has 2 amide bonds. The second-order valence-electron chi connectivity index (χ2n) is 10.1. The summed E-state index contributed by atoms with van der Waals surface area (Å²) >= 11 is 0. The van der Waals surface area contributed by atoms with Gasteiger partial charge in [-0.05, 0) is 54.7 Å².